The molecule has 0 spiro atoms. The molecule has 3 N–H and O–H groups in total. The number of nitrogens with one attached hydrogen (secondary N) is 1. The lowest BCUT2D eigenvalue weighted by atomic mass is 10.1. The molecular weight excluding hydrogens is 322 g/mol. The average Bonchev–Trinajstić information content (AvgIpc) is 2.32. The summed E-state index contributed by atoms with van der Waals surface area (Å²) >= 11 is -0.334. The Morgan fingerprint density at radius 1 is 1.19 bits per heavy atom. The molecule has 21 heavy (non-hydrogen) atoms. The van der Waals surface area contributed by atoms with Crippen molar-refractivity contribution in [3.05, 3.63) is 29.3 Å². The molecule has 0 fully saturated rings. The maximum absolute atomic E-state index is 12.6. The van der Waals surface area contributed by atoms with Crippen molar-refractivity contribution in [1.29, 1.82) is 0 Å². The fourth-order valence-corrected chi connectivity index (χ4v) is 1.81. The van der Waals surface area contributed by atoms with Crippen molar-refractivity contribution in [2.45, 2.75) is 11.7 Å². The normalized spacial score (nSPS) is 12.3. The number of hydrogen-bond donors (Lipinski definition) is 2. The van der Waals surface area contributed by atoms with E-state index in [-0.39, 0.29) is 23.9 Å². The molecule has 1 rings (SSSR count). The number of rotatable bonds is 4. The highest BCUT2D eigenvalue weighted by atomic mass is 32.2. The summed E-state index contributed by atoms with van der Waals surface area (Å²) in [5.41, 5.74) is -1.28. The van der Waals surface area contributed by atoms with Crippen LogP contribution >= 0.6 is 11.8 Å². The summed E-state index contributed by atoms with van der Waals surface area (Å²) in [6, 6.07) is 2.54. The first-order chi connectivity index (χ1) is 9.50. The Hall–Kier alpha value is -1.58. The van der Waals surface area contributed by atoms with E-state index < -0.39 is 34.6 Å². The number of carbonyl (C=O) groups is 1. The van der Waals surface area contributed by atoms with Gasteiger partial charge in [0.05, 0.1) is 5.56 Å². The van der Waals surface area contributed by atoms with Gasteiger partial charge in [0, 0.05) is 23.5 Å². The van der Waals surface area contributed by atoms with Crippen LogP contribution < -0.4 is 11.1 Å². The number of hydrogen-bond acceptors (Lipinski definition) is 3. The maximum Gasteiger partial charge on any atom is 0.441 e. The third kappa shape index (κ3) is 5.74. The van der Waals surface area contributed by atoms with E-state index in [4.69, 9.17) is 5.73 Å². The standard InChI is InChI=1S/C11H10F6N2OS/c12-10(13,14)7-5-6(1-2-8(7)18)9(20)19-3-4-21-11(15,16)17/h1-2,5H,3-4,18H2,(H,19,20). The molecule has 1 aromatic rings. The van der Waals surface area contributed by atoms with E-state index in [1.54, 1.807) is 0 Å². The van der Waals surface area contributed by atoms with Crippen LogP contribution in [-0.4, -0.2) is 23.7 Å². The number of nitrogen functional groups attached to an aromatic ring is 1. The molecule has 1 amide bonds. The predicted octanol–water partition coefficient (Wildman–Crippen LogP) is 3.27. The number of carbonyl (C=O) groups excluding carboxylic acids is 1. The smallest absolute Gasteiger partial charge is 0.398 e. The summed E-state index contributed by atoms with van der Waals surface area (Å²) in [6.07, 6.45) is -4.72. The Balaban J connectivity index is 2.67. The lowest BCUT2D eigenvalue weighted by Crippen LogP contribution is -2.27. The lowest BCUT2D eigenvalue weighted by molar-refractivity contribution is -0.136. The van der Waals surface area contributed by atoms with Gasteiger partial charge in [0.2, 0.25) is 0 Å². The minimum absolute atomic E-state index is 0.325. The number of anilines is 1. The summed E-state index contributed by atoms with van der Waals surface area (Å²) in [5.74, 6) is -1.33. The van der Waals surface area contributed by atoms with Crippen LogP contribution in [0.1, 0.15) is 15.9 Å². The Bertz CT molecular complexity index is 514. The fraction of sp³-hybridized carbons (Fsp3) is 0.364. The number of amides is 1. The van der Waals surface area contributed by atoms with Crippen molar-refractivity contribution in [2.75, 3.05) is 18.0 Å². The van der Waals surface area contributed by atoms with Gasteiger partial charge in [-0.25, -0.2) is 0 Å². The first-order valence-electron chi connectivity index (χ1n) is 5.46. The van der Waals surface area contributed by atoms with Gasteiger partial charge in [-0.15, -0.1) is 0 Å². The SMILES string of the molecule is Nc1ccc(C(=O)NCCSC(F)(F)F)cc1C(F)(F)F. The Labute approximate surface area is 119 Å². The van der Waals surface area contributed by atoms with Crippen LogP contribution in [0.25, 0.3) is 0 Å². The number of alkyl halides is 6. The Kier molecular flexibility index (Phi) is 5.37. The van der Waals surface area contributed by atoms with Crippen LogP contribution in [-0.2, 0) is 6.18 Å². The van der Waals surface area contributed by atoms with Crippen LogP contribution in [0.4, 0.5) is 32.0 Å². The molecule has 0 saturated carbocycles. The molecule has 118 valence electrons. The highest BCUT2D eigenvalue weighted by Crippen LogP contribution is 2.34. The number of nitrogens with two attached hydrogens (primary N) is 1. The van der Waals surface area contributed by atoms with E-state index in [2.05, 4.69) is 5.32 Å². The summed E-state index contributed by atoms with van der Waals surface area (Å²) in [4.78, 5) is 11.5. The van der Waals surface area contributed by atoms with E-state index in [1.807, 2.05) is 0 Å². The van der Waals surface area contributed by atoms with E-state index >= 15 is 0 Å². The van der Waals surface area contributed by atoms with Crippen molar-refractivity contribution >= 4 is 23.4 Å². The van der Waals surface area contributed by atoms with Crippen LogP contribution in [0.15, 0.2) is 18.2 Å². The minimum Gasteiger partial charge on any atom is -0.398 e. The third-order valence-electron chi connectivity index (χ3n) is 2.27. The molecule has 0 unspecified atom stereocenters. The van der Waals surface area contributed by atoms with E-state index in [9.17, 15) is 31.1 Å². The second kappa shape index (κ2) is 6.46. The molecule has 3 nitrogen and oxygen atoms in total. The Morgan fingerprint density at radius 2 is 1.81 bits per heavy atom. The van der Waals surface area contributed by atoms with Gasteiger partial charge in [0.25, 0.3) is 5.91 Å². The molecule has 0 radical (unpaired) electrons. The van der Waals surface area contributed by atoms with Gasteiger partial charge in [0.15, 0.2) is 0 Å². The molecule has 10 heteroatoms. The van der Waals surface area contributed by atoms with Gasteiger partial charge >= 0.3 is 11.7 Å². The minimum atomic E-state index is -4.72. The molecule has 0 heterocycles. The second-order valence-electron chi connectivity index (χ2n) is 3.85. The number of halogens is 6. The van der Waals surface area contributed by atoms with Crippen molar-refractivity contribution in [3.63, 3.8) is 0 Å². The summed E-state index contributed by atoms with van der Waals surface area (Å²) in [5, 5.41) is 2.10. The molecule has 0 atom stereocenters. The maximum atomic E-state index is 12.6. The highest BCUT2D eigenvalue weighted by molar-refractivity contribution is 8.00. The summed E-state index contributed by atoms with van der Waals surface area (Å²) in [7, 11) is 0. The summed E-state index contributed by atoms with van der Waals surface area (Å²) < 4.78 is 73.3. The topological polar surface area (TPSA) is 55.1 Å². The molecule has 0 aliphatic rings. The second-order valence-corrected chi connectivity index (χ2v) is 5.01. The van der Waals surface area contributed by atoms with Crippen LogP contribution in [0.5, 0.6) is 0 Å². The number of benzene rings is 1. The van der Waals surface area contributed by atoms with Crippen molar-refractivity contribution in [1.82, 2.24) is 5.32 Å². The fourth-order valence-electron chi connectivity index (χ4n) is 1.38. The molecule has 0 saturated heterocycles. The van der Waals surface area contributed by atoms with Crippen LogP contribution in [0.2, 0.25) is 0 Å². The zero-order chi connectivity index (χ0) is 16.3. The van der Waals surface area contributed by atoms with E-state index in [1.165, 1.54) is 0 Å². The van der Waals surface area contributed by atoms with E-state index in [0.717, 1.165) is 12.1 Å². The first kappa shape index (κ1) is 17.5. The van der Waals surface area contributed by atoms with Crippen LogP contribution in [0, 0.1) is 0 Å². The highest BCUT2D eigenvalue weighted by Gasteiger charge is 2.33. The molecule has 1 aromatic carbocycles. The molecular formula is C11H10F6N2OS. The van der Waals surface area contributed by atoms with E-state index in [0.29, 0.717) is 6.07 Å². The first-order valence-corrected chi connectivity index (χ1v) is 6.45. The third-order valence-corrected chi connectivity index (χ3v) is 3.01. The van der Waals surface area contributed by atoms with Gasteiger partial charge in [-0.3, -0.25) is 4.79 Å². The quantitative estimate of drug-likeness (QED) is 0.505. The predicted molar refractivity (Wildman–Crippen MR) is 66.7 cm³/mol. The largest absolute Gasteiger partial charge is 0.441 e. The monoisotopic (exact) mass is 332 g/mol. The summed E-state index contributed by atoms with van der Waals surface area (Å²) in [6.45, 7) is -0.325. The molecule has 0 aromatic heterocycles. The number of thioether (sulfide) groups is 1. The van der Waals surface area contributed by atoms with Gasteiger partial charge in [0.1, 0.15) is 0 Å². The van der Waals surface area contributed by atoms with Gasteiger partial charge < -0.3 is 11.1 Å². The van der Waals surface area contributed by atoms with Crippen molar-refractivity contribution in [2.24, 2.45) is 0 Å². The van der Waals surface area contributed by atoms with Crippen molar-refractivity contribution < 1.29 is 31.1 Å². The van der Waals surface area contributed by atoms with Gasteiger partial charge in [-0.2, -0.15) is 26.3 Å². The molecule has 0 aliphatic carbocycles. The van der Waals surface area contributed by atoms with Gasteiger partial charge in [-0.05, 0) is 30.0 Å². The molecule has 0 bridgehead atoms. The zero-order valence-corrected chi connectivity index (χ0v) is 11.1. The van der Waals surface area contributed by atoms with Gasteiger partial charge in [-0.1, -0.05) is 0 Å². The Morgan fingerprint density at radius 3 is 2.33 bits per heavy atom. The zero-order valence-electron chi connectivity index (χ0n) is 10.3. The van der Waals surface area contributed by atoms with Crippen LogP contribution in [0.3, 0.4) is 0 Å². The molecule has 0 aliphatic heterocycles. The van der Waals surface area contributed by atoms with Crippen molar-refractivity contribution in [3.8, 4) is 0 Å². The average molecular weight is 332 g/mol. The lowest BCUT2D eigenvalue weighted by Gasteiger charge is -2.12.